The van der Waals surface area contributed by atoms with Gasteiger partial charge in [0.25, 0.3) is 0 Å². The van der Waals surface area contributed by atoms with E-state index in [9.17, 15) is 0 Å². The monoisotopic (exact) mass is 305 g/mol. The molecule has 3 aromatic rings. The molecule has 0 aliphatic carbocycles. The van der Waals surface area contributed by atoms with E-state index in [0.717, 1.165) is 29.9 Å². The van der Waals surface area contributed by atoms with Gasteiger partial charge in [0.1, 0.15) is 17.8 Å². The first-order valence-corrected chi connectivity index (χ1v) is 8.19. The van der Waals surface area contributed by atoms with Gasteiger partial charge >= 0.3 is 0 Å². The fourth-order valence-corrected chi connectivity index (χ4v) is 4.43. The van der Waals surface area contributed by atoms with Crippen LogP contribution in [-0.2, 0) is 5.41 Å². The molecule has 2 unspecified atom stereocenters. The molecule has 0 bridgehead atoms. The number of nitrogens with one attached hydrogen (secondary N) is 2. The Kier molecular flexibility index (Phi) is 2.59. The van der Waals surface area contributed by atoms with Crippen molar-refractivity contribution in [2.24, 2.45) is 0 Å². The van der Waals surface area contributed by atoms with E-state index in [4.69, 9.17) is 0 Å². The minimum Gasteiger partial charge on any atom is -0.346 e. The highest BCUT2D eigenvalue weighted by molar-refractivity contribution is 5.91. The molecule has 0 saturated carbocycles. The molecule has 5 heteroatoms. The molecule has 1 spiro atoms. The lowest BCUT2D eigenvalue weighted by atomic mass is 9.76. The highest BCUT2D eigenvalue weighted by Crippen LogP contribution is 2.51. The summed E-state index contributed by atoms with van der Waals surface area (Å²) in [5.41, 5.74) is 3.79. The van der Waals surface area contributed by atoms with Gasteiger partial charge in [0.2, 0.25) is 0 Å². The van der Waals surface area contributed by atoms with Crippen molar-refractivity contribution >= 4 is 22.5 Å². The van der Waals surface area contributed by atoms with E-state index in [0.29, 0.717) is 6.04 Å². The Hall–Kier alpha value is -2.40. The lowest BCUT2D eigenvalue weighted by Crippen LogP contribution is -2.42. The molecule has 5 nitrogen and oxygen atoms in total. The van der Waals surface area contributed by atoms with Gasteiger partial charge in [0.05, 0.1) is 5.39 Å². The van der Waals surface area contributed by atoms with Gasteiger partial charge in [-0.3, -0.25) is 0 Å². The third-order valence-electron chi connectivity index (χ3n) is 5.64. The minimum absolute atomic E-state index is 0.171. The molecule has 2 N–H and O–H groups in total. The van der Waals surface area contributed by atoms with Crippen LogP contribution in [0, 0.1) is 0 Å². The van der Waals surface area contributed by atoms with Crippen LogP contribution in [0.5, 0.6) is 0 Å². The van der Waals surface area contributed by atoms with Crippen LogP contribution in [0.1, 0.15) is 18.9 Å². The van der Waals surface area contributed by atoms with Crippen molar-refractivity contribution < 1.29 is 0 Å². The van der Waals surface area contributed by atoms with Crippen molar-refractivity contribution in [3.63, 3.8) is 0 Å². The Morgan fingerprint density at radius 1 is 1.22 bits per heavy atom. The Morgan fingerprint density at radius 3 is 3.00 bits per heavy atom. The molecule has 5 rings (SSSR count). The number of H-pyrrole nitrogens is 1. The van der Waals surface area contributed by atoms with Crippen LogP contribution in [0.4, 0.5) is 11.5 Å². The van der Waals surface area contributed by atoms with E-state index in [2.05, 4.69) is 62.4 Å². The molecule has 2 aromatic heterocycles. The van der Waals surface area contributed by atoms with Gasteiger partial charge in [0.15, 0.2) is 0 Å². The van der Waals surface area contributed by atoms with Crippen molar-refractivity contribution in [1.82, 2.24) is 20.3 Å². The standard InChI is InChI=1S/C18H19N5/c1-12-18(7-9-19-10-18)14-4-2-3-5-15(14)23(12)17-13-6-8-20-16(13)21-11-22-17/h2-6,8,11-12,19H,7,9-10H2,1H3,(H,20,21,22). The number of benzene rings is 1. The van der Waals surface area contributed by atoms with E-state index in [1.165, 1.54) is 17.7 Å². The van der Waals surface area contributed by atoms with Crippen LogP contribution in [-0.4, -0.2) is 34.1 Å². The number of aromatic amines is 1. The highest BCUT2D eigenvalue weighted by Gasteiger charge is 2.51. The zero-order chi connectivity index (χ0) is 15.4. The quantitative estimate of drug-likeness (QED) is 0.726. The van der Waals surface area contributed by atoms with Gasteiger partial charge in [-0.25, -0.2) is 9.97 Å². The Balaban J connectivity index is 1.76. The predicted octanol–water partition coefficient (Wildman–Crippen LogP) is 2.73. The molecule has 1 aromatic carbocycles. The van der Waals surface area contributed by atoms with Crippen LogP contribution in [0.25, 0.3) is 11.0 Å². The van der Waals surface area contributed by atoms with Gasteiger partial charge in [-0.1, -0.05) is 18.2 Å². The van der Waals surface area contributed by atoms with Crippen LogP contribution in [0.2, 0.25) is 0 Å². The van der Waals surface area contributed by atoms with Crippen LogP contribution in [0.3, 0.4) is 0 Å². The van der Waals surface area contributed by atoms with Gasteiger partial charge in [-0.05, 0) is 37.6 Å². The number of rotatable bonds is 1. The average Bonchev–Trinajstić information content (AvgIpc) is 3.29. The Morgan fingerprint density at radius 2 is 2.13 bits per heavy atom. The summed E-state index contributed by atoms with van der Waals surface area (Å²) in [7, 11) is 0. The van der Waals surface area contributed by atoms with Crippen molar-refractivity contribution in [3.8, 4) is 0 Å². The summed E-state index contributed by atoms with van der Waals surface area (Å²) in [4.78, 5) is 14.6. The fourth-order valence-electron chi connectivity index (χ4n) is 4.43. The summed E-state index contributed by atoms with van der Waals surface area (Å²) in [6.07, 6.45) is 4.76. The summed E-state index contributed by atoms with van der Waals surface area (Å²) in [5, 5.41) is 4.65. The number of fused-ring (bicyclic) bond motifs is 3. The largest absolute Gasteiger partial charge is 0.346 e. The lowest BCUT2D eigenvalue weighted by Gasteiger charge is -2.33. The van der Waals surface area contributed by atoms with Crippen LogP contribution < -0.4 is 10.2 Å². The topological polar surface area (TPSA) is 56.8 Å². The van der Waals surface area contributed by atoms with Crippen molar-refractivity contribution in [2.75, 3.05) is 18.0 Å². The Labute approximate surface area is 134 Å². The second kappa shape index (κ2) is 4.55. The maximum absolute atomic E-state index is 4.64. The predicted molar refractivity (Wildman–Crippen MR) is 91.1 cm³/mol. The minimum atomic E-state index is 0.171. The SMILES string of the molecule is CC1N(c2ncnc3[nH]ccc23)c2ccccc2C12CCNC2. The fraction of sp³-hybridized carbons (Fsp3) is 0.333. The zero-order valence-corrected chi connectivity index (χ0v) is 13.1. The first kappa shape index (κ1) is 13.1. The van der Waals surface area contributed by atoms with Gasteiger partial charge in [0, 0.05) is 29.9 Å². The summed E-state index contributed by atoms with van der Waals surface area (Å²) in [5.74, 6) is 1.000. The first-order valence-electron chi connectivity index (χ1n) is 8.19. The summed E-state index contributed by atoms with van der Waals surface area (Å²) < 4.78 is 0. The molecule has 2 aliphatic heterocycles. The second-order valence-electron chi connectivity index (χ2n) is 6.58. The van der Waals surface area contributed by atoms with Crippen LogP contribution >= 0.6 is 0 Å². The molecule has 1 saturated heterocycles. The van der Waals surface area contributed by atoms with E-state index >= 15 is 0 Å². The molecule has 0 radical (unpaired) electrons. The third-order valence-corrected chi connectivity index (χ3v) is 5.64. The normalized spacial score (nSPS) is 26.3. The molecule has 4 heterocycles. The number of hydrogen-bond acceptors (Lipinski definition) is 4. The molecule has 0 amide bonds. The number of nitrogens with zero attached hydrogens (tertiary/aromatic N) is 3. The maximum atomic E-state index is 4.64. The maximum Gasteiger partial charge on any atom is 0.146 e. The Bertz CT molecular complexity index is 878. The number of hydrogen-bond donors (Lipinski definition) is 2. The number of anilines is 2. The molecular formula is C18H19N5. The number of para-hydroxylation sites is 1. The molecule has 2 atom stereocenters. The molecular weight excluding hydrogens is 286 g/mol. The first-order chi connectivity index (χ1) is 11.3. The average molecular weight is 305 g/mol. The lowest BCUT2D eigenvalue weighted by molar-refractivity contribution is 0.417. The summed E-state index contributed by atoms with van der Waals surface area (Å²) in [6, 6.07) is 11.2. The van der Waals surface area contributed by atoms with E-state index < -0.39 is 0 Å². The van der Waals surface area contributed by atoms with Crippen molar-refractivity contribution in [1.29, 1.82) is 0 Å². The zero-order valence-electron chi connectivity index (χ0n) is 13.1. The summed E-state index contributed by atoms with van der Waals surface area (Å²) in [6.45, 7) is 4.44. The van der Waals surface area contributed by atoms with Gasteiger partial charge in [-0.15, -0.1) is 0 Å². The van der Waals surface area contributed by atoms with Gasteiger partial charge < -0.3 is 15.2 Å². The van der Waals surface area contributed by atoms with Crippen LogP contribution in [0.15, 0.2) is 42.9 Å². The third kappa shape index (κ3) is 1.60. The highest BCUT2D eigenvalue weighted by atomic mass is 15.3. The summed E-state index contributed by atoms with van der Waals surface area (Å²) >= 11 is 0. The van der Waals surface area contributed by atoms with E-state index in [-0.39, 0.29) is 5.41 Å². The smallest absolute Gasteiger partial charge is 0.146 e. The van der Waals surface area contributed by atoms with Crippen molar-refractivity contribution in [2.45, 2.75) is 24.8 Å². The van der Waals surface area contributed by atoms with E-state index in [1.54, 1.807) is 6.33 Å². The van der Waals surface area contributed by atoms with E-state index in [1.807, 2.05) is 6.20 Å². The molecule has 116 valence electrons. The molecule has 23 heavy (non-hydrogen) atoms. The molecule has 1 fully saturated rings. The number of aromatic nitrogens is 3. The second-order valence-corrected chi connectivity index (χ2v) is 6.58. The van der Waals surface area contributed by atoms with Gasteiger partial charge in [-0.2, -0.15) is 0 Å². The molecule has 2 aliphatic rings. The van der Waals surface area contributed by atoms with Crippen molar-refractivity contribution in [3.05, 3.63) is 48.4 Å².